The molecule has 1 aromatic carbocycles. The van der Waals surface area contributed by atoms with Gasteiger partial charge in [0.2, 0.25) is 0 Å². The van der Waals surface area contributed by atoms with E-state index in [1.165, 1.54) is 12.1 Å². The van der Waals surface area contributed by atoms with Crippen LogP contribution in [0.4, 0.5) is 13.2 Å². The van der Waals surface area contributed by atoms with Crippen molar-refractivity contribution in [2.24, 2.45) is 11.8 Å². The van der Waals surface area contributed by atoms with Crippen LogP contribution in [0.5, 0.6) is 0 Å². The van der Waals surface area contributed by atoms with E-state index in [0.717, 1.165) is 25.0 Å². The van der Waals surface area contributed by atoms with Crippen LogP contribution in [0.3, 0.4) is 0 Å². The van der Waals surface area contributed by atoms with Crippen molar-refractivity contribution in [1.29, 1.82) is 0 Å². The lowest BCUT2D eigenvalue weighted by Crippen LogP contribution is -2.28. The second-order valence-corrected chi connectivity index (χ2v) is 10.4. The quantitative estimate of drug-likeness (QED) is 0.654. The Kier molecular flexibility index (Phi) is 7.11. The number of sulfone groups is 1. The van der Waals surface area contributed by atoms with E-state index in [1.807, 2.05) is 0 Å². The molecule has 0 bridgehead atoms. The lowest BCUT2D eigenvalue weighted by atomic mass is 9.79. The molecule has 0 aromatic heterocycles. The highest BCUT2D eigenvalue weighted by atomic mass is 32.2. The summed E-state index contributed by atoms with van der Waals surface area (Å²) in [5.74, 6) is 0.380. The minimum atomic E-state index is -4.35. The number of carbonyl (C=O) groups excluding carboxylic acids is 1. The van der Waals surface area contributed by atoms with E-state index < -0.39 is 21.6 Å². The van der Waals surface area contributed by atoms with E-state index >= 15 is 0 Å². The van der Waals surface area contributed by atoms with E-state index in [0.29, 0.717) is 31.2 Å². The highest BCUT2D eigenvalue weighted by molar-refractivity contribution is 7.91. The van der Waals surface area contributed by atoms with Gasteiger partial charge in [0.15, 0.2) is 9.84 Å². The Morgan fingerprint density at radius 3 is 2.11 bits per heavy atom. The summed E-state index contributed by atoms with van der Waals surface area (Å²) in [6, 6.07) is 4.92. The average Bonchev–Trinajstić information content (AvgIpc) is 2.59. The molecule has 0 amide bonds. The van der Waals surface area contributed by atoms with Crippen molar-refractivity contribution in [3.8, 4) is 0 Å². The number of Topliss-reactive ketones (excluding diaryl/α,β-unsaturated/α-hetero) is 1. The SMILES string of the molecule is CC(C)S(=O)(=O)CC1CCC(C(=O)CCc2ccc(C(F)(F)F)cc2)CC1. The summed E-state index contributed by atoms with van der Waals surface area (Å²) in [5.41, 5.74) is 0.0281. The molecule has 0 saturated heterocycles. The van der Waals surface area contributed by atoms with Crippen molar-refractivity contribution in [2.45, 2.75) is 63.8 Å². The molecule has 0 aliphatic heterocycles. The van der Waals surface area contributed by atoms with Gasteiger partial charge in [-0.3, -0.25) is 4.79 Å². The smallest absolute Gasteiger partial charge is 0.299 e. The van der Waals surface area contributed by atoms with Crippen molar-refractivity contribution in [3.05, 3.63) is 35.4 Å². The summed E-state index contributed by atoms with van der Waals surface area (Å²) in [7, 11) is -3.06. The molecule has 152 valence electrons. The molecule has 1 aromatic rings. The molecule has 1 fully saturated rings. The fraction of sp³-hybridized carbons (Fsp3) is 0.650. The van der Waals surface area contributed by atoms with Crippen LogP contribution in [0.2, 0.25) is 0 Å². The molecule has 1 aliphatic rings. The minimum Gasteiger partial charge on any atom is -0.299 e. The molecule has 27 heavy (non-hydrogen) atoms. The van der Waals surface area contributed by atoms with Crippen molar-refractivity contribution < 1.29 is 26.4 Å². The summed E-state index contributed by atoms with van der Waals surface area (Å²) in [4.78, 5) is 12.4. The monoisotopic (exact) mass is 404 g/mol. The van der Waals surface area contributed by atoms with Gasteiger partial charge >= 0.3 is 6.18 Å². The molecule has 2 rings (SSSR count). The Morgan fingerprint density at radius 1 is 1.07 bits per heavy atom. The lowest BCUT2D eigenvalue weighted by Gasteiger charge is -2.28. The van der Waals surface area contributed by atoms with Crippen LogP contribution in [-0.2, 0) is 27.2 Å². The summed E-state index contributed by atoms with van der Waals surface area (Å²) in [6.07, 6.45) is -0.737. The van der Waals surface area contributed by atoms with Crippen LogP contribution >= 0.6 is 0 Å². The van der Waals surface area contributed by atoms with Gasteiger partial charge in [0.25, 0.3) is 0 Å². The van der Waals surface area contributed by atoms with E-state index in [4.69, 9.17) is 0 Å². The van der Waals surface area contributed by atoms with E-state index in [-0.39, 0.29) is 28.6 Å². The average molecular weight is 404 g/mol. The van der Waals surface area contributed by atoms with Gasteiger partial charge in [-0.15, -0.1) is 0 Å². The molecule has 0 spiro atoms. The standard InChI is InChI=1S/C20H27F3O3S/c1-14(2)27(25,26)13-16-3-8-17(9-4-16)19(24)12-7-15-5-10-18(11-6-15)20(21,22)23/h5-6,10-11,14,16-17H,3-4,7-9,12-13H2,1-2H3. The number of alkyl halides is 3. The van der Waals surface area contributed by atoms with Crippen LogP contribution in [-0.4, -0.2) is 25.2 Å². The molecule has 0 radical (unpaired) electrons. The Balaban J connectivity index is 1.79. The lowest BCUT2D eigenvalue weighted by molar-refractivity contribution is -0.137. The Labute approximate surface area is 159 Å². The Bertz CT molecular complexity index is 729. The number of aryl methyl sites for hydroxylation is 1. The van der Waals surface area contributed by atoms with Crippen molar-refractivity contribution in [2.75, 3.05) is 5.75 Å². The zero-order valence-corrected chi connectivity index (χ0v) is 16.6. The first kappa shape index (κ1) is 21.9. The fourth-order valence-corrected chi connectivity index (χ4v) is 4.88. The van der Waals surface area contributed by atoms with Crippen molar-refractivity contribution >= 4 is 15.6 Å². The predicted octanol–water partition coefficient (Wildman–Crippen LogP) is 4.84. The highest BCUT2D eigenvalue weighted by Crippen LogP contribution is 2.32. The summed E-state index contributed by atoms with van der Waals surface area (Å²) in [6.45, 7) is 3.37. The maximum Gasteiger partial charge on any atom is 0.416 e. The number of carbonyl (C=O) groups is 1. The van der Waals surface area contributed by atoms with Gasteiger partial charge in [0, 0.05) is 12.3 Å². The molecule has 0 unspecified atom stereocenters. The predicted molar refractivity (Wildman–Crippen MR) is 99.1 cm³/mol. The molecule has 1 saturated carbocycles. The molecular formula is C20H27F3O3S. The second-order valence-electron chi connectivity index (χ2n) is 7.76. The molecule has 0 heterocycles. The molecule has 1 aliphatic carbocycles. The Hall–Kier alpha value is -1.37. The number of ketones is 1. The zero-order chi connectivity index (χ0) is 20.2. The van der Waals surface area contributed by atoms with Gasteiger partial charge in [-0.05, 0) is 69.6 Å². The zero-order valence-electron chi connectivity index (χ0n) is 15.8. The number of hydrogen-bond donors (Lipinski definition) is 0. The largest absolute Gasteiger partial charge is 0.416 e. The van der Waals surface area contributed by atoms with Gasteiger partial charge in [0.1, 0.15) is 5.78 Å². The van der Waals surface area contributed by atoms with E-state index in [1.54, 1.807) is 13.8 Å². The first-order valence-corrected chi connectivity index (χ1v) is 11.1. The van der Waals surface area contributed by atoms with Gasteiger partial charge in [-0.25, -0.2) is 8.42 Å². The molecule has 0 atom stereocenters. The first-order chi connectivity index (χ1) is 12.5. The highest BCUT2D eigenvalue weighted by Gasteiger charge is 2.31. The van der Waals surface area contributed by atoms with Gasteiger partial charge in [-0.2, -0.15) is 13.2 Å². The first-order valence-electron chi connectivity index (χ1n) is 9.39. The third-order valence-electron chi connectivity index (χ3n) is 5.43. The number of rotatable bonds is 7. The van der Waals surface area contributed by atoms with Gasteiger partial charge in [-0.1, -0.05) is 12.1 Å². The maximum atomic E-state index is 12.6. The van der Waals surface area contributed by atoms with Crippen LogP contribution in [0.25, 0.3) is 0 Å². The van der Waals surface area contributed by atoms with Crippen LogP contribution in [0, 0.1) is 11.8 Å². The third kappa shape index (κ3) is 6.33. The van der Waals surface area contributed by atoms with Crippen LogP contribution in [0.1, 0.15) is 57.1 Å². The summed E-state index contributed by atoms with van der Waals surface area (Å²) >= 11 is 0. The number of halogens is 3. The molecular weight excluding hydrogens is 377 g/mol. The minimum absolute atomic E-state index is 0.0579. The van der Waals surface area contributed by atoms with E-state index in [2.05, 4.69) is 0 Å². The third-order valence-corrected chi connectivity index (χ3v) is 7.80. The van der Waals surface area contributed by atoms with Crippen LogP contribution in [0.15, 0.2) is 24.3 Å². The topological polar surface area (TPSA) is 51.2 Å². The second kappa shape index (κ2) is 8.76. The molecule has 3 nitrogen and oxygen atoms in total. The number of benzene rings is 1. The maximum absolute atomic E-state index is 12.6. The van der Waals surface area contributed by atoms with Gasteiger partial charge in [0.05, 0.1) is 16.6 Å². The summed E-state index contributed by atoms with van der Waals surface area (Å²) < 4.78 is 61.7. The van der Waals surface area contributed by atoms with E-state index in [9.17, 15) is 26.4 Å². The van der Waals surface area contributed by atoms with Crippen molar-refractivity contribution in [1.82, 2.24) is 0 Å². The summed E-state index contributed by atoms with van der Waals surface area (Å²) in [5, 5.41) is -0.374. The van der Waals surface area contributed by atoms with Crippen molar-refractivity contribution in [3.63, 3.8) is 0 Å². The number of hydrogen-bond acceptors (Lipinski definition) is 3. The van der Waals surface area contributed by atoms with Crippen LogP contribution < -0.4 is 0 Å². The fourth-order valence-electron chi connectivity index (χ4n) is 3.50. The molecule has 0 N–H and O–H groups in total. The normalized spacial score (nSPS) is 21.4. The van der Waals surface area contributed by atoms with Gasteiger partial charge < -0.3 is 0 Å². The molecule has 7 heteroatoms. The Morgan fingerprint density at radius 2 is 1.63 bits per heavy atom.